The number of amides is 1. The topological polar surface area (TPSA) is 92.4 Å². The molecule has 1 N–H and O–H groups in total. The number of nitrogens with zero attached hydrogens (tertiary/aromatic N) is 2. The highest BCUT2D eigenvalue weighted by molar-refractivity contribution is 5.98. The summed E-state index contributed by atoms with van der Waals surface area (Å²) in [5.41, 5.74) is 0.914. The average Bonchev–Trinajstić information content (AvgIpc) is 2.79. The second-order valence-corrected chi connectivity index (χ2v) is 7.23. The lowest BCUT2D eigenvalue weighted by molar-refractivity contribution is -0.131. The maximum atomic E-state index is 12.7. The predicted molar refractivity (Wildman–Crippen MR) is 119 cm³/mol. The molecule has 0 unspecified atom stereocenters. The van der Waals surface area contributed by atoms with Gasteiger partial charge < -0.3 is 14.6 Å². The monoisotopic (exact) mass is 421 g/mol. The summed E-state index contributed by atoms with van der Waals surface area (Å²) in [5, 5.41) is 0.511. The molecule has 2 aromatic carbocycles. The van der Waals surface area contributed by atoms with E-state index in [1.165, 1.54) is 0 Å². The van der Waals surface area contributed by atoms with Crippen molar-refractivity contribution >= 4 is 22.6 Å². The summed E-state index contributed by atoms with van der Waals surface area (Å²) in [6.45, 7) is 5.15. The fraction of sp³-hybridized carbons (Fsp3) is 0.333. The Labute approximate surface area is 181 Å². The maximum absolute atomic E-state index is 12.7. The third-order valence-corrected chi connectivity index (χ3v) is 4.95. The van der Waals surface area contributed by atoms with Crippen LogP contribution in [0.25, 0.3) is 10.9 Å². The van der Waals surface area contributed by atoms with Gasteiger partial charge in [-0.15, -0.1) is 0 Å². The van der Waals surface area contributed by atoms with Gasteiger partial charge in [0.05, 0.1) is 24.1 Å². The number of rotatable bonds is 10. The number of hydrogen-bond donors (Lipinski definition) is 1. The largest absolute Gasteiger partial charge is 0.494 e. The van der Waals surface area contributed by atoms with Crippen molar-refractivity contribution < 1.29 is 14.3 Å². The molecule has 1 amide bonds. The number of aromatic amines is 1. The molecule has 0 fully saturated rings. The first-order chi connectivity index (χ1) is 15.0. The number of Topliss-reactive ketones (excluding diaryl/α,β-unsaturated/α-hetero) is 1. The van der Waals surface area contributed by atoms with Crippen LogP contribution in [-0.2, 0) is 11.3 Å². The van der Waals surface area contributed by atoms with Crippen molar-refractivity contribution in [2.45, 2.75) is 39.7 Å². The van der Waals surface area contributed by atoms with Gasteiger partial charge in [0.25, 0.3) is 5.56 Å². The number of carbonyl (C=O) groups excluding carboxylic acids is 2. The first-order valence-corrected chi connectivity index (χ1v) is 10.5. The minimum atomic E-state index is -0.231. The van der Waals surface area contributed by atoms with Gasteiger partial charge in [0.15, 0.2) is 5.78 Å². The van der Waals surface area contributed by atoms with E-state index in [9.17, 15) is 14.4 Å². The molecule has 0 radical (unpaired) electrons. The van der Waals surface area contributed by atoms with Crippen molar-refractivity contribution in [3.8, 4) is 5.75 Å². The van der Waals surface area contributed by atoms with Crippen LogP contribution in [0.15, 0.2) is 53.3 Å². The van der Waals surface area contributed by atoms with Crippen LogP contribution in [0.4, 0.5) is 0 Å². The Morgan fingerprint density at radius 3 is 2.48 bits per heavy atom. The second-order valence-electron chi connectivity index (χ2n) is 7.23. The van der Waals surface area contributed by atoms with Gasteiger partial charge in [-0.25, -0.2) is 4.98 Å². The summed E-state index contributed by atoms with van der Waals surface area (Å²) in [7, 11) is 0. The van der Waals surface area contributed by atoms with Crippen LogP contribution < -0.4 is 10.3 Å². The molecule has 0 bridgehead atoms. The van der Waals surface area contributed by atoms with Gasteiger partial charge in [-0.05, 0) is 49.7 Å². The normalized spacial score (nSPS) is 10.8. The van der Waals surface area contributed by atoms with Crippen LogP contribution in [0.2, 0.25) is 0 Å². The smallest absolute Gasteiger partial charge is 0.258 e. The van der Waals surface area contributed by atoms with E-state index < -0.39 is 0 Å². The van der Waals surface area contributed by atoms with Crippen molar-refractivity contribution in [3.63, 3.8) is 0 Å². The average molecular weight is 421 g/mol. The van der Waals surface area contributed by atoms with Gasteiger partial charge in [0.1, 0.15) is 11.6 Å². The summed E-state index contributed by atoms with van der Waals surface area (Å²) >= 11 is 0. The zero-order chi connectivity index (χ0) is 22.2. The third-order valence-electron chi connectivity index (χ3n) is 4.95. The van der Waals surface area contributed by atoms with Crippen molar-refractivity contribution in [3.05, 3.63) is 70.3 Å². The Balaban J connectivity index is 1.59. The lowest BCUT2D eigenvalue weighted by Crippen LogP contribution is -2.32. The summed E-state index contributed by atoms with van der Waals surface area (Å²) < 4.78 is 5.52. The third kappa shape index (κ3) is 5.78. The molecule has 1 heterocycles. The first-order valence-electron chi connectivity index (χ1n) is 10.5. The minimum Gasteiger partial charge on any atom is -0.494 e. The van der Waals surface area contributed by atoms with Crippen LogP contribution in [0.1, 0.15) is 49.3 Å². The van der Waals surface area contributed by atoms with Crippen molar-refractivity contribution in [1.82, 2.24) is 14.9 Å². The molecule has 162 valence electrons. The Morgan fingerprint density at radius 1 is 1.03 bits per heavy atom. The van der Waals surface area contributed by atoms with E-state index in [2.05, 4.69) is 9.97 Å². The first kappa shape index (κ1) is 22.2. The fourth-order valence-electron chi connectivity index (χ4n) is 3.25. The molecule has 0 atom stereocenters. The Hall–Kier alpha value is -3.48. The number of H-pyrrole nitrogens is 1. The summed E-state index contributed by atoms with van der Waals surface area (Å²) in [6.07, 6.45) is 1.13. The number of aromatic nitrogens is 2. The SMILES string of the molecule is CCCOc1ccc(C(=O)CCC(=O)N(CC)Cc2nc3ccccc3c(=O)[nH]2)cc1. The summed E-state index contributed by atoms with van der Waals surface area (Å²) in [4.78, 5) is 46.1. The maximum Gasteiger partial charge on any atom is 0.258 e. The highest BCUT2D eigenvalue weighted by atomic mass is 16.5. The molecule has 1 aromatic heterocycles. The number of hydrogen-bond acceptors (Lipinski definition) is 5. The molecule has 0 aliphatic rings. The molecular weight excluding hydrogens is 394 g/mol. The summed E-state index contributed by atoms with van der Waals surface area (Å²) in [5.74, 6) is 0.898. The van der Waals surface area contributed by atoms with E-state index in [-0.39, 0.29) is 36.6 Å². The number of benzene rings is 2. The lowest BCUT2D eigenvalue weighted by Gasteiger charge is -2.20. The zero-order valence-electron chi connectivity index (χ0n) is 17.9. The second kappa shape index (κ2) is 10.5. The van der Waals surface area contributed by atoms with E-state index in [0.717, 1.165) is 12.2 Å². The lowest BCUT2D eigenvalue weighted by atomic mass is 10.1. The van der Waals surface area contributed by atoms with Crippen LogP contribution in [0.3, 0.4) is 0 Å². The standard InChI is InChI=1S/C24H27N3O4/c1-3-15-31-18-11-9-17(10-12-18)21(28)13-14-23(29)27(4-2)16-22-25-20-8-6-5-7-19(20)24(30)26-22/h5-12H,3-4,13-16H2,1-2H3,(H,25,26,30). The number of fused-ring (bicyclic) bond motifs is 1. The van der Waals surface area contributed by atoms with Gasteiger partial charge in [0.2, 0.25) is 5.91 Å². The molecule has 7 nitrogen and oxygen atoms in total. The Kier molecular flexibility index (Phi) is 7.54. The molecule has 7 heteroatoms. The van der Waals surface area contributed by atoms with Crippen LogP contribution in [0.5, 0.6) is 5.75 Å². The Bertz CT molecular complexity index is 1110. The highest BCUT2D eigenvalue weighted by Crippen LogP contribution is 2.15. The Morgan fingerprint density at radius 2 is 1.77 bits per heavy atom. The molecular formula is C24H27N3O4. The number of ketones is 1. The van der Waals surface area contributed by atoms with Crippen LogP contribution in [-0.4, -0.2) is 39.7 Å². The van der Waals surface area contributed by atoms with Crippen LogP contribution >= 0.6 is 0 Å². The van der Waals surface area contributed by atoms with Crippen molar-refractivity contribution in [2.24, 2.45) is 0 Å². The number of ether oxygens (including phenoxy) is 1. The summed E-state index contributed by atoms with van der Waals surface area (Å²) in [6, 6.07) is 14.1. The van der Waals surface area contributed by atoms with Crippen LogP contribution in [0, 0.1) is 0 Å². The van der Waals surface area contributed by atoms with Crippen molar-refractivity contribution in [2.75, 3.05) is 13.2 Å². The number of nitrogens with one attached hydrogen (secondary N) is 1. The zero-order valence-corrected chi connectivity index (χ0v) is 17.9. The van der Waals surface area contributed by atoms with Gasteiger partial charge >= 0.3 is 0 Å². The molecule has 3 rings (SSSR count). The van der Waals surface area contributed by atoms with Gasteiger partial charge in [0, 0.05) is 24.9 Å². The van der Waals surface area contributed by atoms with E-state index >= 15 is 0 Å². The predicted octanol–water partition coefficient (Wildman–Crippen LogP) is 3.72. The van der Waals surface area contributed by atoms with E-state index in [4.69, 9.17) is 4.74 Å². The van der Waals surface area contributed by atoms with E-state index in [0.29, 0.717) is 35.4 Å². The molecule has 0 aliphatic heterocycles. The minimum absolute atomic E-state index is 0.0938. The highest BCUT2D eigenvalue weighted by Gasteiger charge is 2.16. The fourth-order valence-corrected chi connectivity index (χ4v) is 3.25. The molecule has 0 saturated carbocycles. The van der Waals surface area contributed by atoms with Gasteiger partial charge in [-0.1, -0.05) is 19.1 Å². The van der Waals surface area contributed by atoms with Gasteiger partial charge in [-0.3, -0.25) is 14.4 Å². The molecule has 3 aromatic rings. The van der Waals surface area contributed by atoms with Crippen molar-refractivity contribution in [1.29, 1.82) is 0 Å². The number of para-hydroxylation sites is 1. The van der Waals surface area contributed by atoms with E-state index in [1.807, 2.05) is 19.9 Å². The molecule has 0 aliphatic carbocycles. The molecule has 0 spiro atoms. The molecule has 0 saturated heterocycles. The van der Waals surface area contributed by atoms with E-state index in [1.54, 1.807) is 47.4 Å². The van der Waals surface area contributed by atoms with Gasteiger partial charge in [-0.2, -0.15) is 0 Å². The molecule has 31 heavy (non-hydrogen) atoms. The quantitative estimate of drug-likeness (QED) is 0.504. The number of carbonyl (C=O) groups is 2.